The summed E-state index contributed by atoms with van der Waals surface area (Å²) in [5.74, 6) is 0.162. The average Bonchev–Trinajstić information content (AvgIpc) is 2.40. The number of carbonyl (C=O) groups is 1. The molecule has 1 amide bonds. The molecule has 0 saturated carbocycles. The van der Waals surface area contributed by atoms with Crippen LogP contribution in [0.25, 0.3) is 0 Å². The Labute approximate surface area is 105 Å². The largest absolute Gasteiger partial charge is 0.326 e. The molecule has 1 aromatic heterocycles. The molecule has 2 aromatic rings. The third-order valence-electron chi connectivity index (χ3n) is 2.51. The van der Waals surface area contributed by atoms with E-state index in [1.54, 1.807) is 18.5 Å². The van der Waals surface area contributed by atoms with E-state index in [0.29, 0.717) is 12.5 Å². The van der Waals surface area contributed by atoms with Crippen LogP contribution in [0.1, 0.15) is 11.1 Å². The number of amides is 1. The van der Waals surface area contributed by atoms with E-state index in [-0.39, 0.29) is 12.3 Å². The molecule has 0 aliphatic carbocycles. The van der Waals surface area contributed by atoms with Gasteiger partial charge in [-0.05, 0) is 17.2 Å². The van der Waals surface area contributed by atoms with E-state index in [1.807, 2.05) is 24.3 Å². The molecule has 0 bridgehead atoms. The SMILES string of the molecule is NCc1ccccc1CC(=O)Nc1ncccn1. The summed E-state index contributed by atoms with van der Waals surface area (Å²) in [4.78, 5) is 19.7. The fourth-order valence-corrected chi connectivity index (χ4v) is 1.63. The summed E-state index contributed by atoms with van der Waals surface area (Å²) in [5, 5.41) is 2.64. The summed E-state index contributed by atoms with van der Waals surface area (Å²) in [6, 6.07) is 9.30. The van der Waals surface area contributed by atoms with Crippen LogP contribution in [0, 0.1) is 0 Å². The lowest BCUT2D eigenvalue weighted by Gasteiger charge is -2.07. The second kappa shape index (κ2) is 5.88. The van der Waals surface area contributed by atoms with Crippen LogP contribution in [0.5, 0.6) is 0 Å². The Bertz CT molecular complexity index is 528. The van der Waals surface area contributed by atoms with Crippen LogP contribution in [0.15, 0.2) is 42.7 Å². The number of hydrogen-bond acceptors (Lipinski definition) is 4. The molecule has 3 N–H and O–H groups in total. The highest BCUT2D eigenvalue weighted by Gasteiger charge is 2.08. The summed E-state index contributed by atoms with van der Waals surface area (Å²) >= 11 is 0. The average molecular weight is 242 g/mol. The zero-order chi connectivity index (χ0) is 12.8. The smallest absolute Gasteiger partial charge is 0.231 e. The molecule has 0 spiro atoms. The van der Waals surface area contributed by atoms with Gasteiger partial charge in [0.05, 0.1) is 6.42 Å². The van der Waals surface area contributed by atoms with Gasteiger partial charge < -0.3 is 5.73 Å². The highest BCUT2D eigenvalue weighted by atomic mass is 16.1. The number of carbonyl (C=O) groups excluding carboxylic acids is 1. The van der Waals surface area contributed by atoms with Gasteiger partial charge in [0.15, 0.2) is 0 Å². The van der Waals surface area contributed by atoms with Gasteiger partial charge in [0, 0.05) is 18.9 Å². The van der Waals surface area contributed by atoms with E-state index in [1.165, 1.54) is 0 Å². The second-order valence-electron chi connectivity index (χ2n) is 3.77. The lowest BCUT2D eigenvalue weighted by Crippen LogP contribution is -2.17. The molecule has 0 atom stereocenters. The Kier molecular flexibility index (Phi) is 3.98. The first-order valence-electron chi connectivity index (χ1n) is 5.63. The maximum absolute atomic E-state index is 11.8. The lowest BCUT2D eigenvalue weighted by molar-refractivity contribution is -0.115. The first-order chi connectivity index (χ1) is 8.79. The first kappa shape index (κ1) is 12.2. The van der Waals surface area contributed by atoms with Crippen LogP contribution in [0.4, 0.5) is 5.95 Å². The molecule has 1 heterocycles. The van der Waals surface area contributed by atoms with Crippen molar-refractivity contribution in [3.05, 3.63) is 53.9 Å². The van der Waals surface area contributed by atoms with Crippen LogP contribution in [0.3, 0.4) is 0 Å². The van der Waals surface area contributed by atoms with Crippen LogP contribution >= 0.6 is 0 Å². The van der Waals surface area contributed by atoms with Gasteiger partial charge in [-0.3, -0.25) is 10.1 Å². The van der Waals surface area contributed by atoms with Crippen molar-refractivity contribution in [2.75, 3.05) is 5.32 Å². The zero-order valence-corrected chi connectivity index (χ0v) is 9.84. The Morgan fingerprint density at radius 3 is 2.44 bits per heavy atom. The van der Waals surface area contributed by atoms with E-state index >= 15 is 0 Å². The van der Waals surface area contributed by atoms with Crippen molar-refractivity contribution in [1.29, 1.82) is 0 Å². The normalized spacial score (nSPS) is 10.1. The standard InChI is InChI=1S/C13H14N4O/c14-9-11-5-2-1-4-10(11)8-12(18)17-13-15-6-3-7-16-13/h1-7H,8-9,14H2,(H,15,16,17,18). The van der Waals surface area contributed by atoms with Crippen molar-refractivity contribution in [2.45, 2.75) is 13.0 Å². The van der Waals surface area contributed by atoms with Crippen molar-refractivity contribution < 1.29 is 4.79 Å². The van der Waals surface area contributed by atoms with Crippen molar-refractivity contribution in [2.24, 2.45) is 5.73 Å². The number of benzene rings is 1. The van der Waals surface area contributed by atoms with Gasteiger partial charge >= 0.3 is 0 Å². The van der Waals surface area contributed by atoms with Gasteiger partial charge in [0.2, 0.25) is 11.9 Å². The Hall–Kier alpha value is -2.27. The minimum atomic E-state index is -0.151. The summed E-state index contributed by atoms with van der Waals surface area (Å²) in [6.45, 7) is 0.422. The number of nitrogens with two attached hydrogens (primary N) is 1. The second-order valence-corrected chi connectivity index (χ2v) is 3.77. The summed E-state index contributed by atoms with van der Waals surface area (Å²) in [5.41, 5.74) is 7.52. The number of rotatable bonds is 4. The van der Waals surface area contributed by atoms with Crippen LogP contribution in [-0.4, -0.2) is 15.9 Å². The Balaban J connectivity index is 2.03. The number of anilines is 1. The highest BCUT2D eigenvalue weighted by molar-refractivity contribution is 5.90. The quantitative estimate of drug-likeness (QED) is 0.841. The van der Waals surface area contributed by atoms with Gasteiger partial charge in [-0.15, -0.1) is 0 Å². The summed E-state index contributed by atoms with van der Waals surface area (Å²) < 4.78 is 0. The maximum atomic E-state index is 11.8. The number of aromatic nitrogens is 2. The molecule has 1 aromatic carbocycles. The molecule has 0 saturated heterocycles. The van der Waals surface area contributed by atoms with Gasteiger partial charge in [-0.25, -0.2) is 9.97 Å². The molecular weight excluding hydrogens is 228 g/mol. The van der Waals surface area contributed by atoms with Gasteiger partial charge in [-0.1, -0.05) is 24.3 Å². The van der Waals surface area contributed by atoms with Crippen LogP contribution in [-0.2, 0) is 17.8 Å². The van der Waals surface area contributed by atoms with Crippen molar-refractivity contribution in [3.63, 3.8) is 0 Å². The minimum Gasteiger partial charge on any atom is -0.326 e. The van der Waals surface area contributed by atoms with Crippen LogP contribution in [0.2, 0.25) is 0 Å². The molecule has 5 nitrogen and oxygen atoms in total. The molecule has 2 rings (SSSR count). The number of hydrogen-bond donors (Lipinski definition) is 2. The van der Waals surface area contributed by atoms with Crippen molar-refractivity contribution >= 4 is 11.9 Å². The van der Waals surface area contributed by atoms with Gasteiger partial charge in [-0.2, -0.15) is 0 Å². The Morgan fingerprint density at radius 1 is 1.11 bits per heavy atom. The van der Waals surface area contributed by atoms with E-state index in [2.05, 4.69) is 15.3 Å². The molecule has 0 aliphatic heterocycles. The fourth-order valence-electron chi connectivity index (χ4n) is 1.63. The van der Waals surface area contributed by atoms with Crippen molar-refractivity contribution in [3.8, 4) is 0 Å². The molecule has 0 radical (unpaired) electrons. The maximum Gasteiger partial charge on any atom is 0.231 e. The summed E-state index contributed by atoms with van der Waals surface area (Å²) in [6.07, 6.45) is 3.43. The summed E-state index contributed by atoms with van der Waals surface area (Å²) in [7, 11) is 0. The zero-order valence-electron chi connectivity index (χ0n) is 9.84. The van der Waals surface area contributed by atoms with E-state index in [9.17, 15) is 4.79 Å². The predicted octanol–water partition coefficient (Wildman–Crippen LogP) is 1.12. The molecule has 0 aliphatic rings. The molecule has 18 heavy (non-hydrogen) atoms. The predicted molar refractivity (Wildman–Crippen MR) is 68.7 cm³/mol. The van der Waals surface area contributed by atoms with E-state index in [0.717, 1.165) is 11.1 Å². The third kappa shape index (κ3) is 3.11. The minimum absolute atomic E-state index is 0.151. The monoisotopic (exact) mass is 242 g/mol. The molecule has 92 valence electrons. The molecule has 0 unspecified atom stereocenters. The number of nitrogens with zero attached hydrogens (tertiary/aromatic N) is 2. The van der Waals surface area contributed by atoms with Gasteiger partial charge in [0.25, 0.3) is 0 Å². The lowest BCUT2D eigenvalue weighted by atomic mass is 10.0. The topological polar surface area (TPSA) is 80.9 Å². The molecule has 0 fully saturated rings. The van der Waals surface area contributed by atoms with Gasteiger partial charge in [0.1, 0.15) is 0 Å². The highest BCUT2D eigenvalue weighted by Crippen LogP contribution is 2.09. The fraction of sp³-hybridized carbons (Fsp3) is 0.154. The first-order valence-corrected chi connectivity index (χ1v) is 5.63. The Morgan fingerprint density at radius 2 is 1.78 bits per heavy atom. The van der Waals surface area contributed by atoms with E-state index in [4.69, 9.17) is 5.73 Å². The molecule has 5 heteroatoms. The van der Waals surface area contributed by atoms with Crippen LogP contribution < -0.4 is 11.1 Å². The third-order valence-corrected chi connectivity index (χ3v) is 2.51. The van der Waals surface area contributed by atoms with E-state index < -0.39 is 0 Å². The molecular formula is C13H14N4O. The van der Waals surface area contributed by atoms with Crippen molar-refractivity contribution in [1.82, 2.24) is 9.97 Å². The number of nitrogens with one attached hydrogen (secondary N) is 1.